The molecule has 3 nitrogen and oxygen atoms in total. The van der Waals surface area contributed by atoms with E-state index in [9.17, 15) is 5.21 Å². The molecule has 110 valence electrons. The van der Waals surface area contributed by atoms with Crippen LogP contribution in [0.2, 0.25) is 0 Å². The standard InChI is InChI=1S/C18H21NO2/c1-11(2)15-9-12-7-8-14-13(5-4-6-17(14)19-20)16(12)10-18(15)21-3/h7-11,20H,4-6H2,1-3H3/b19-17-. The Morgan fingerprint density at radius 3 is 2.67 bits per heavy atom. The molecule has 0 saturated heterocycles. The van der Waals surface area contributed by atoms with E-state index in [0.29, 0.717) is 5.92 Å². The Morgan fingerprint density at radius 2 is 2.00 bits per heavy atom. The zero-order valence-electron chi connectivity index (χ0n) is 12.8. The number of methoxy groups -OCH3 is 1. The van der Waals surface area contributed by atoms with Gasteiger partial charge in [0.05, 0.1) is 12.8 Å². The maximum atomic E-state index is 9.19. The minimum absolute atomic E-state index is 0.426. The number of ether oxygens (including phenoxy) is 1. The van der Waals surface area contributed by atoms with E-state index >= 15 is 0 Å². The zero-order chi connectivity index (χ0) is 15.0. The molecule has 0 fully saturated rings. The Kier molecular flexibility index (Phi) is 3.58. The average Bonchev–Trinajstić information content (AvgIpc) is 2.52. The molecule has 0 atom stereocenters. The molecular formula is C18H21NO2. The summed E-state index contributed by atoms with van der Waals surface area (Å²) in [6, 6.07) is 8.58. The van der Waals surface area contributed by atoms with E-state index in [-0.39, 0.29) is 0 Å². The highest BCUT2D eigenvalue weighted by molar-refractivity contribution is 6.06. The van der Waals surface area contributed by atoms with Crippen molar-refractivity contribution in [3.8, 4) is 5.75 Å². The molecule has 2 aromatic carbocycles. The highest BCUT2D eigenvalue weighted by Crippen LogP contribution is 2.36. The molecule has 0 saturated carbocycles. The third-order valence-electron chi connectivity index (χ3n) is 4.38. The van der Waals surface area contributed by atoms with Crippen LogP contribution < -0.4 is 4.74 Å². The fourth-order valence-corrected chi connectivity index (χ4v) is 3.27. The summed E-state index contributed by atoms with van der Waals surface area (Å²) in [5.41, 5.74) is 4.39. The van der Waals surface area contributed by atoms with Gasteiger partial charge in [-0.1, -0.05) is 31.1 Å². The van der Waals surface area contributed by atoms with E-state index < -0.39 is 0 Å². The van der Waals surface area contributed by atoms with Crippen LogP contribution in [0.3, 0.4) is 0 Å². The van der Waals surface area contributed by atoms with Crippen LogP contribution in [0.4, 0.5) is 0 Å². The van der Waals surface area contributed by atoms with Gasteiger partial charge in [0.25, 0.3) is 0 Å². The first kappa shape index (κ1) is 13.9. The fourth-order valence-electron chi connectivity index (χ4n) is 3.27. The van der Waals surface area contributed by atoms with Crippen molar-refractivity contribution in [3.63, 3.8) is 0 Å². The van der Waals surface area contributed by atoms with Crippen LogP contribution in [0.15, 0.2) is 29.4 Å². The van der Waals surface area contributed by atoms with Crippen LogP contribution in [0.25, 0.3) is 10.8 Å². The van der Waals surface area contributed by atoms with Crippen molar-refractivity contribution in [1.29, 1.82) is 0 Å². The van der Waals surface area contributed by atoms with Gasteiger partial charge < -0.3 is 9.94 Å². The summed E-state index contributed by atoms with van der Waals surface area (Å²) in [7, 11) is 1.73. The van der Waals surface area contributed by atoms with Gasteiger partial charge in [0.2, 0.25) is 0 Å². The molecular weight excluding hydrogens is 262 g/mol. The second kappa shape index (κ2) is 5.40. The highest BCUT2D eigenvalue weighted by atomic mass is 16.5. The van der Waals surface area contributed by atoms with Crippen molar-refractivity contribution in [2.45, 2.75) is 39.0 Å². The number of hydrogen-bond acceptors (Lipinski definition) is 3. The summed E-state index contributed by atoms with van der Waals surface area (Å²) >= 11 is 0. The molecule has 0 spiro atoms. The van der Waals surface area contributed by atoms with Crippen molar-refractivity contribution >= 4 is 16.5 Å². The molecule has 1 N–H and O–H groups in total. The van der Waals surface area contributed by atoms with E-state index in [2.05, 4.69) is 43.3 Å². The Balaban J connectivity index is 2.29. The first-order valence-electron chi connectivity index (χ1n) is 7.50. The molecule has 0 aliphatic heterocycles. The third-order valence-corrected chi connectivity index (χ3v) is 4.38. The summed E-state index contributed by atoms with van der Waals surface area (Å²) < 4.78 is 5.58. The Morgan fingerprint density at radius 1 is 1.19 bits per heavy atom. The van der Waals surface area contributed by atoms with Crippen LogP contribution >= 0.6 is 0 Å². The molecule has 3 rings (SSSR count). The lowest BCUT2D eigenvalue weighted by Gasteiger charge is -2.21. The van der Waals surface area contributed by atoms with Crippen LogP contribution in [-0.4, -0.2) is 18.0 Å². The maximum absolute atomic E-state index is 9.19. The first-order chi connectivity index (χ1) is 10.2. The highest BCUT2D eigenvalue weighted by Gasteiger charge is 2.19. The molecule has 1 aliphatic carbocycles. The first-order valence-corrected chi connectivity index (χ1v) is 7.50. The van der Waals surface area contributed by atoms with Crippen molar-refractivity contribution < 1.29 is 9.94 Å². The summed E-state index contributed by atoms with van der Waals surface area (Å²) in [5.74, 6) is 1.37. The van der Waals surface area contributed by atoms with E-state index in [0.717, 1.165) is 36.3 Å². The molecule has 0 radical (unpaired) electrons. The molecule has 2 aromatic rings. The molecule has 0 unspecified atom stereocenters. The van der Waals surface area contributed by atoms with Crippen molar-refractivity contribution in [3.05, 3.63) is 41.0 Å². The van der Waals surface area contributed by atoms with Gasteiger partial charge in [-0.3, -0.25) is 0 Å². The number of oxime groups is 1. The predicted molar refractivity (Wildman–Crippen MR) is 85.9 cm³/mol. The summed E-state index contributed by atoms with van der Waals surface area (Å²) in [4.78, 5) is 0. The largest absolute Gasteiger partial charge is 0.496 e. The molecule has 0 aromatic heterocycles. The molecule has 0 bridgehead atoms. The second-order valence-electron chi connectivity index (χ2n) is 5.96. The number of aryl methyl sites for hydroxylation is 1. The van der Waals surface area contributed by atoms with E-state index in [1.165, 1.54) is 21.9 Å². The number of hydrogen-bond donors (Lipinski definition) is 1. The van der Waals surface area contributed by atoms with Gasteiger partial charge in [-0.2, -0.15) is 0 Å². The number of rotatable bonds is 2. The Labute approximate surface area is 125 Å². The quantitative estimate of drug-likeness (QED) is 0.652. The van der Waals surface area contributed by atoms with Crippen molar-refractivity contribution in [2.24, 2.45) is 5.16 Å². The fraction of sp³-hybridized carbons (Fsp3) is 0.389. The lowest BCUT2D eigenvalue weighted by atomic mass is 9.85. The summed E-state index contributed by atoms with van der Waals surface area (Å²) in [6.07, 6.45) is 2.89. The van der Waals surface area contributed by atoms with Gasteiger partial charge in [0.15, 0.2) is 0 Å². The topological polar surface area (TPSA) is 41.8 Å². The second-order valence-corrected chi connectivity index (χ2v) is 5.96. The van der Waals surface area contributed by atoms with Crippen LogP contribution in [0.1, 0.15) is 49.3 Å². The van der Waals surface area contributed by atoms with Crippen molar-refractivity contribution in [2.75, 3.05) is 7.11 Å². The molecule has 21 heavy (non-hydrogen) atoms. The SMILES string of the molecule is COc1cc2c3c(ccc2cc1C(C)C)/C(=N\O)CCC3. The summed E-state index contributed by atoms with van der Waals surface area (Å²) in [6.45, 7) is 4.36. The number of benzene rings is 2. The van der Waals surface area contributed by atoms with E-state index in [1.807, 2.05) is 0 Å². The maximum Gasteiger partial charge on any atom is 0.122 e. The van der Waals surface area contributed by atoms with E-state index in [4.69, 9.17) is 4.74 Å². The number of nitrogens with zero attached hydrogens (tertiary/aromatic N) is 1. The van der Waals surface area contributed by atoms with E-state index in [1.54, 1.807) is 7.11 Å². The molecule has 0 heterocycles. The third kappa shape index (κ3) is 2.27. The van der Waals surface area contributed by atoms with Gasteiger partial charge in [-0.25, -0.2) is 0 Å². The lowest BCUT2D eigenvalue weighted by Crippen LogP contribution is -2.12. The molecule has 3 heteroatoms. The van der Waals surface area contributed by atoms with Crippen molar-refractivity contribution in [1.82, 2.24) is 0 Å². The average molecular weight is 283 g/mol. The minimum Gasteiger partial charge on any atom is -0.496 e. The minimum atomic E-state index is 0.426. The van der Waals surface area contributed by atoms with Crippen LogP contribution in [0.5, 0.6) is 5.75 Å². The van der Waals surface area contributed by atoms with Gasteiger partial charge in [-0.15, -0.1) is 0 Å². The van der Waals surface area contributed by atoms with Crippen LogP contribution in [-0.2, 0) is 6.42 Å². The lowest BCUT2D eigenvalue weighted by molar-refractivity contribution is 0.317. The van der Waals surface area contributed by atoms with Crippen LogP contribution in [0, 0.1) is 0 Å². The zero-order valence-corrected chi connectivity index (χ0v) is 12.8. The molecule has 0 amide bonds. The smallest absolute Gasteiger partial charge is 0.122 e. The van der Waals surface area contributed by atoms with Gasteiger partial charge in [-0.05, 0) is 59.2 Å². The van der Waals surface area contributed by atoms with Gasteiger partial charge >= 0.3 is 0 Å². The molecule has 1 aliphatic rings. The Bertz CT molecular complexity index is 717. The number of fused-ring (bicyclic) bond motifs is 3. The van der Waals surface area contributed by atoms with Gasteiger partial charge in [0, 0.05) is 5.56 Å². The normalized spacial score (nSPS) is 16.5. The van der Waals surface area contributed by atoms with Gasteiger partial charge in [0.1, 0.15) is 5.75 Å². The predicted octanol–water partition coefficient (Wildman–Crippen LogP) is 4.49. The summed E-state index contributed by atoms with van der Waals surface area (Å²) in [5, 5.41) is 15.1. The Hall–Kier alpha value is -2.03. The monoisotopic (exact) mass is 283 g/mol.